The van der Waals surface area contributed by atoms with Crippen molar-refractivity contribution in [3.8, 4) is 17.2 Å². The molecule has 4 amide bonds. The van der Waals surface area contributed by atoms with E-state index >= 15 is 0 Å². The maximum absolute atomic E-state index is 13.4. The molecule has 2 atom stereocenters. The van der Waals surface area contributed by atoms with Gasteiger partial charge in [0.25, 0.3) is 11.8 Å². The topological polar surface area (TPSA) is 135 Å². The lowest BCUT2D eigenvalue weighted by Crippen LogP contribution is -2.52. The molecule has 2 saturated heterocycles. The van der Waals surface area contributed by atoms with Crippen LogP contribution in [0.25, 0.3) is 11.5 Å². The summed E-state index contributed by atoms with van der Waals surface area (Å²) in [5.74, 6) is 0.475. The van der Waals surface area contributed by atoms with Gasteiger partial charge in [-0.2, -0.15) is 0 Å². The van der Waals surface area contributed by atoms with Crippen molar-refractivity contribution in [1.29, 1.82) is 0 Å². The Morgan fingerprint density at radius 3 is 2.65 bits per heavy atom. The van der Waals surface area contributed by atoms with Gasteiger partial charge in [-0.05, 0) is 73.7 Å². The number of aryl methyl sites for hydroxylation is 1. The summed E-state index contributed by atoms with van der Waals surface area (Å²) in [6.45, 7) is 2.99. The second-order valence-electron chi connectivity index (χ2n) is 10.4. The Hall–Kier alpha value is -4.54. The highest BCUT2D eigenvalue weighted by molar-refractivity contribution is 6.05. The van der Waals surface area contributed by atoms with Gasteiger partial charge in [-0.25, -0.2) is 0 Å². The molecule has 3 aliphatic rings. The minimum atomic E-state index is -0.658. The highest BCUT2D eigenvalue weighted by Gasteiger charge is 2.39. The van der Waals surface area contributed by atoms with Gasteiger partial charge in [0.2, 0.25) is 23.6 Å². The number of likely N-dealkylation sites (tertiary alicyclic amines) is 1. The molecule has 2 aromatic carbocycles. The quantitative estimate of drug-likeness (QED) is 0.469. The van der Waals surface area contributed by atoms with Crippen molar-refractivity contribution >= 4 is 23.6 Å². The summed E-state index contributed by atoms with van der Waals surface area (Å²) in [4.78, 5) is 53.6. The fourth-order valence-corrected chi connectivity index (χ4v) is 5.61. The van der Waals surface area contributed by atoms with Crippen LogP contribution in [0.15, 0.2) is 46.9 Å². The second-order valence-corrected chi connectivity index (χ2v) is 10.4. The first-order valence-corrected chi connectivity index (χ1v) is 13.5. The number of rotatable bonds is 6. The number of aromatic nitrogens is 2. The van der Waals surface area contributed by atoms with Gasteiger partial charge >= 0.3 is 0 Å². The summed E-state index contributed by atoms with van der Waals surface area (Å²) in [5.41, 5.74) is 2.64. The van der Waals surface area contributed by atoms with Crippen LogP contribution in [0, 0.1) is 6.92 Å². The van der Waals surface area contributed by atoms with Gasteiger partial charge in [0.05, 0.1) is 6.04 Å². The van der Waals surface area contributed by atoms with E-state index in [-0.39, 0.29) is 36.7 Å². The Morgan fingerprint density at radius 1 is 1.07 bits per heavy atom. The number of carbonyl (C=O) groups excluding carboxylic acids is 4. The summed E-state index contributed by atoms with van der Waals surface area (Å²) < 4.78 is 11.6. The van der Waals surface area contributed by atoms with Crippen LogP contribution in [0.4, 0.5) is 0 Å². The lowest BCUT2D eigenvalue weighted by molar-refractivity contribution is -0.136. The number of imide groups is 1. The van der Waals surface area contributed by atoms with E-state index in [2.05, 4.69) is 15.5 Å². The largest absolute Gasteiger partial charge is 0.491 e. The third-order valence-corrected chi connectivity index (χ3v) is 7.73. The van der Waals surface area contributed by atoms with Crippen LogP contribution in [0.1, 0.15) is 64.3 Å². The number of amides is 4. The molecule has 1 unspecified atom stereocenters. The van der Waals surface area contributed by atoms with E-state index in [0.29, 0.717) is 48.2 Å². The number of hydrogen-bond donors (Lipinski definition) is 1. The summed E-state index contributed by atoms with van der Waals surface area (Å²) in [7, 11) is 0. The Morgan fingerprint density at radius 2 is 1.90 bits per heavy atom. The van der Waals surface area contributed by atoms with Gasteiger partial charge < -0.3 is 19.0 Å². The van der Waals surface area contributed by atoms with Gasteiger partial charge in [0, 0.05) is 43.1 Å². The zero-order valence-electron chi connectivity index (χ0n) is 22.1. The molecule has 4 heterocycles. The van der Waals surface area contributed by atoms with E-state index in [4.69, 9.17) is 9.15 Å². The number of fused-ring (bicyclic) bond motifs is 1. The Balaban J connectivity index is 1.11. The minimum Gasteiger partial charge on any atom is -0.491 e. The molecule has 1 aromatic heterocycles. The van der Waals surface area contributed by atoms with Crippen LogP contribution in [0.5, 0.6) is 5.75 Å². The molecule has 1 N–H and O–H groups in total. The summed E-state index contributed by atoms with van der Waals surface area (Å²) >= 11 is 0. The predicted molar refractivity (Wildman–Crippen MR) is 141 cm³/mol. The highest BCUT2D eigenvalue weighted by Crippen LogP contribution is 2.31. The molecule has 6 rings (SSSR count). The van der Waals surface area contributed by atoms with Crippen molar-refractivity contribution in [2.45, 2.75) is 57.7 Å². The molecule has 3 aromatic rings. The average molecular weight is 544 g/mol. The van der Waals surface area contributed by atoms with E-state index in [1.165, 1.54) is 4.90 Å². The predicted octanol–water partition coefficient (Wildman–Crippen LogP) is 2.88. The second kappa shape index (κ2) is 10.6. The normalized spacial score (nSPS) is 20.9. The van der Waals surface area contributed by atoms with Crippen LogP contribution in [-0.4, -0.2) is 68.9 Å². The van der Waals surface area contributed by atoms with E-state index in [9.17, 15) is 19.2 Å². The van der Waals surface area contributed by atoms with Crippen LogP contribution in [0.3, 0.4) is 0 Å². The number of nitrogens with one attached hydrogen (secondary N) is 1. The third-order valence-electron chi connectivity index (χ3n) is 7.73. The van der Waals surface area contributed by atoms with E-state index in [1.54, 1.807) is 43.3 Å². The lowest BCUT2D eigenvalue weighted by Gasteiger charge is -2.35. The van der Waals surface area contributed by atoms with Gasteiger partial charge in [-0.15, -0.1) is 10.2 Å². The van der Waals surface area contributed by atoms with E-state index in [0.717, 1.165) is 30.4 Å². The van der Waals surface area contributed by atoms with Gasteiger partial charge in [-0.1, -0.05) is 0 Å². The number of carbonyl (C=O) groups is 4. The SMILES string of the molecule is Cc1nnc(-c2ccc(C(=O)N3CCCC[C@@H]3COc3ccc4c(c3)CN(C3CCC(=O)NC3=O)C4=O)cc2)o1. The first kappa shape index (κ1) is 25.7. The Bertz CT molecular complexity index is 1480. The zero-order valence-corrected chi connectivity index (χ0v) is 22.1. The molecule has 40 heavy (non-hydrogen) atoms. The fourth-order valence-electron chi connectivity index (χ4n) is 5.61. The minimum absolute atomic E-state index is 0.0546. The van der Waals surface area contributed by atoms with Crippen molar-refractivity contribution in [2.75, 3.05) is 13.2 Å². The summed E-state index contributed by atoms with van der Waals surface area (Å²) in [6.07, 6.45) is 3.30. The molecule has 0 radical (unpaired) electrons. The fraction of sp³-hybridized carbons (Fsp3) is 0.379. The number of hydrogen-bond acceptors (Lipinski definition) is 8. The highest BCUT2D eigenvalue weighted by atomic mass is 16.5. The maximum atomic E-state index is 13.4. The smallest absolute Gasteiger partial charge is 0.255 e. The number of piperidine rings is 2. The molecular weight excluding hydrogens is 514 g/mol. The summed E-state index contributed by atoms with van der Waals surface area (Å²) in [5, 5.41) is 10.2. The van der Waals surface area contributed by atoms with E-state index in [1.807, 2.05) is 11.0 Å². The molecule has 11 heteroatoms. The molecule has 3 aliphatic heterocycles. The van der Waals surface area contributed by atoms with Gasteiger partial charge in [-0.3, -0.25) is 24.5 Å². The lowest BCUT2D eigenvalue weighted by atomic mass is 10.0. The average Bonchev–Trinajstić information content (AvgIpc) is 3.54. The van der Waals surface area contributed by atoms with Crippen molar-refractivity contribution in [2.24, 2.45) is 0 Å². The van der Waals surface area contributed by atoms with Gasteiger partial charge in [0.1, 0.15) is 18.4 Å². The molecular formula is C29H29N5O6. The van der Waals surface area contributed by atoms with Crippen molar-refractivity contribution in [3.05, 3.63) is 65.0 Å². The standard InChI is InChI=1S/C29H29N5O6/c1-17-31-32-27(40-17)18-5-7-19(8-6-18)28(37)33-13-3-2-4-21(33)16-39-22-9-10-23-20(14-22)15-34(29(23)38)24-11-12-25(35)30-26(24)36/h5-10,14,21,24H,2-4,11-13,15-16H2,1H3,(H,30,35,36)/t21-,24?/m1/s1. The Kier molecular flexibility index (Phi) is 6.79. The number of benzene rings is 2. The maximum Gasteiger partial charge on any atom is 0.255 e. The number of nitrogens with zero attached hydrogens (tertiary/aromatic N) is 4. The van der Waals surface area contributed by atoms with Crippen molar-refractivity contribution in [1.82, 2.24) is 25.3 Å². The van der Waals surface area contributed by atoms with Crippen LogP contribution >= 0.6 is 0 Å². The molecule has 206 valence electrons. The van der Waals surface area contributed by atoms with Gasteiger partial charge in [0.15, 0.2) is 0 Å². The number of ether oxygens (including phenoxy) is 1. The first-order valence-electron chi connectivity index (χ1n) is 13.5. The first-order chi connectivity index (χ1) is 19.4. The summed E-state index contributed by atoms with van der Waals surface area (Å²) in [6, 6.07) is 11.7. The van der Waals surface area contributed by atoms with Crippen LogP contribution in [0.2, 0.25) is 0 Å². The van der Waals surface area contributed by atoms with Crippen molar-refractivity contribution < 1.29 is 28.3 Å². The monoisotopic (exact) mass is 543 g/mol. The molecule has 0 bridgehead atoms. The van der Waals surface area contributed by atoms with Crippen molar-refractivity contribution in [3.63, 3.8) is 0 Å². The molecule has 0 saturated carbocycles. The molecule has 11 nitrogen and oxygen atoms in total. The molecule has 0 spiro atoms. The van der Waals surface area contributed by atoms with Crippen LogP contribution < -0.4 is 10.1 Å². The zero-order chi connectivity index (χ0) is 27.8. The molecule has 2 fully saturated rings. The van der Waals surface area contributed by atoms with E-state index < -0.39 is 11.9 Å². The van der Waals surface area contributed by atoms with Crippen LogP contribution in [-0.2, 0) is 16.1 Å². The Labute approximate surface area is 230 Å². The molecule has 0 aliphatic carbocycles. The third kappa shape index (κ3) is 4.94.